The van der Waals surface area contributed by atoms with Crippen LogP contribution in [0.5, 0.6) is 0 Å². The van der Waals surface area contributed by atoms with Crippen molar-refractivity contribution in [3.8, 4) is 0 Å². The maximum Gasteiger partial charge on any atom is 0.242 e. The molecule has 0 aliphatic rings. The van der Waals surface area contributed by atoms with Crippen molar-refractivity contribution in [1.82, 2.24) is 4.72 Å². The van der Waals surface area contributed by atoms with Gasteiger partial charge in [-0.2, -0.15) is 0 Å². The van der Waals surface area contributed by atoms with Crippen LogP contribution in [0.2, 0.25) is 0 Å². The molecular weight excluding hydrogens is 356 g/mol. The number of anilines is 1. The second-order valence-electron chi connectivity index (χ2n) is 4.30. The Morgan fingerprint density at radius 3 is 2.42 bits per heavy atom. The topological polar surface area (TPSA) is 106 Å². The first kappa shape index (κ1) is 16.4. The van der Waals surface area contributed by atoms with E-state index in [4.69, 9.17) is 5.73 Å². The molecule has 9 heteroatoms. The fourth-order valence-corrected chi connectivity index (χ4v) is 4.88. The SMILES string of the molecule is CC(CS(C)(=O)=O)NS(=O)(=O)c1cc(N)ccc1Br. The van der Waals surface area contributed by atoms with E-state index in [1.807, 2.05) is 0 Å². The Morgan fingerprint density at radius 1 is 1.32 bits per heavy atom. The number of halogens is 1. The molecule has 1 atom stereocenters. The van der Waals surface area contributed by atoms with E-state index in [-0.39, 0.29) is 10.6 Å². The molecule has 0 saturated heterocycles. The molecular formula is C10H15BrN2O4S2. The molecule has 0 bridgehead atoms. The summed E-state index contributed by atoms with van der Waals surface area (Å²) >= 11 is 3.12. The summed E-state index contributed by atoms with van der Waals surface area (Å²) in [6, 6.07) is 3.65. The average Bonchev–Trinajstić information content (AvgIpc) is 2.17. The molecule has 0 radical (unpaired) electrons. The molecule has 0 amide bonds. The maximum absolute atomic E-state index is 12.1. The van der Waals surface area contributed by atoms with Gasteiger partial charge in [0.1, 0.15) is 9.84 Å². The Balaban J connectivity index is 3.02. The van der Waals surface area contributed by atoms with Gasteiger partial charge in [0.25, 0.3) is 0 Å². The normalized spacial score (nSPS) is 14.3. The lowest BCUT2D eigenvalue weighted by Crippen LogP contribution is -2.37. The summed E-state index contributed by atoms with van der Waals surface area (Å²) in [7, 11) is -7.09. The largest absolute Gasteiger partial charge is 0.399 e. The van der Waals surface area contributed by atoms with Crippen molar-refractivity contribution in [2.75, 3.05) is 17.7 Å². The third kappa shape index (κ3) is 5.09. The predicted octanol–water partition coefficient (Wildman–Crippen LogP) is 0.743. The molecule has 0 aliphatic heterocycles. The van der Waals surface area contributed by atoms with Crippen LogP contribution in [0.25, 0.3) is 0 Å². The predicted molar refractivity (Wildman–Crippen MR) is 78.0 cm³/mol. The minimum atomic E-state index is -3.83. The summed E-state index contributed by atoms with van der Waals surface area (Å²) in [6.45, 7) is 1.48. The lowest BCUT2D eigenvalue weighted by Gasteiger charge is -2.14. The first-order valence-electron chi connectivity index (χ1n) is 5.26. The average molecular weight is 371 g/mol. The van der Waals surface area contributed by atoms with Gasteiger partial charge in [-0.3, -0.25) is 0 Å². The lowest BCUT2D eigenvalue weighted by atomic mass is 10.3. The van der Waals surface area contributed by atoms with Gasteiger partial charge in [0, 0.05) is 22.5 Å². The number of sulfone groups is 1. The van der Waals surface area contributed by atoms with Gasteiger partial charge in [-0.15, -0.1) is 0 Å². The fraction of sp³-hybridized carbons (Fsp3) is 0.400. The van der Waals surface area contributed by atoms with Crippen LogP contribution in [-0.2, 0) is 19.9 Å². The number of nitrogen functional groups attached to an aromatic ring is 1. The summed E-state index contributed by atoms with van der Waals surface area (Å²) in [5.41, 5.74) is 5.85. The molecule has 0 saturated carbocycles. The number of nitrogens with two attached hydrogens (primary N) is 1. The number of rotatable bonds is 5. The highest BCUT2D eigenvalue weighted by Gasteiger charge is 2.22. The molecule has 0 heterocycles. The third-order valence-corrected chi connectivity index (χ3v) is 5.84. The summed E-state index contributed by atoms with van der Waals surface area (Å²) < 4.78 is 49.1. The Hall–Kier alpha value is -0.640. The van der Waals surface area contributed by atoms with Crippen LogP contribution in [0.15, 0.2) is 27.6 Å². The third-order valence-electron chi connectivity index (χ3n) is 2.15. The number of hydrogen-bond donors (Lipinski definition) is 2. The zero-order valence-corrected chi connectivity index (χ0v) is 13.6. The van der Waals surface area contributed by atoms with E-state index < -0.39 is 25.9 Å². The van der Waals surface area contributed by atoms with E-state index in [0.29, 0.717) is 10.2 Å². The first-order chi connectivity index (χ1) is 8.51. The standard InChI is InChI=1S/C10H15BrN2O4S2/c1-7(6-18(2,14)15)13-19(16,17)10-5-8(12)3-4-9(10)11/h3-5,7,13H,6,12H2,1-2H3. The van der Waals surface area contributed by atoms with Crippen molar-refractivity contribution in [2.24, 2.45) is 0 Å². The highest BCUT2D eigenvalue weighted by atomic mass is 79.9. The van der Waals surface area contributed by atoms with E-state index in [1.54, 1.807) is 6.07 Å². The second-order valence-corrected chi connectivity index (χ2v) is 9.03. The minimum absolute atomic E-state index is 0.0205. The van der Waals surface area contributed by atoms with Crippen molar-refractivity contribution in [1.29, 1.82) is 0 Å². The number of sulfonamides is 1. The highest BCUT2D eigenvalue weighted by Crippen LogP contribution is 2.24. The number of nitrogens with one attached hydrogen (secondary N) is 1. The quantitative estimate of drug-likeness (QED) is 0.743. The minimum Gasteiger partial charge on any atom is -0.399 e. The second kappa shape index (κ2) is 5.78. The molecule has 0 aromatic heterocycles. The van der Waals surface area contributed by atoms with Crippen molar-refractivity contribution in [2.45, 2.75) is 17.9 Å². The Labute approximate surface area is 121 Å². The molecule has 19 heavy (non-hydrogen) atoms. The summed E-state index contributed by atoms with van der Waals surface area (Å²) in [6.07, 6.45) is 1.05. The van der Waals surface area contributed by atoms with Gasteiger partial charge in [-0.25, -0.2) is 21.6 Å². The molecule has 0 aliphatic carbocycles. The Kier molecular flexibility index (Phi) is 4.99. The van der Waals surface area contributed by atoms with Crippen molar-refractivity contribution in [3.63, 3.8) is 0 Å². The molecule has 3 N–H and O–H groups in total. The Morgan fingerprint density at radius 2 is 1.89 bits per heavy atom. The molecule has 0 fully saturated rings. The van der Waals surface area contributed by atoms with E-state index in [0.717, 1.165) is 6.26 Å². The van der Waals surface area contributed by atoms with Crippen LogP contribution in [-0.4, -0.2) is 34.9 Å². The van der Waals surface area contributed by atoms with E-state index in [2.05, 4.69) is 20.7 Å². The molecule has 0 spiro atoms. The van der Waals surface area contributed by atoms with Gasteiger partial charge in [0.2, 0.25) is 10.0 Å². The van der Waals surface area contributed by atoms with E-state index >= 15 is 0 Å². The molecule has 1 aromatic rings. The van der Waals surface area contributed by atoms with Crippen molar-refractivity contribution < 1.29 is 16.8 Å². The van der Waals surface area contributed by atoms with Crippen LogP contribution in [0.1, 0.15) is 6.92 Å². The Bertz CT molecular complexity index is 671. The van der Waals surface area contributed by atoms with Crippen LogP contribution < -0.4 is 10.5 Å². The van der Waals surface area contributed by atoms with Gasteiger partial charge < -0.3 is 5.73 Å². The van der Waals surface area contributed by atoms with E-state index in [9.17, 15) is 16.8 Å². The summed E-state index contributed by atoms with van der Waals surface area (Å²) in [5, 5.41) is 0. The molecule has 1 unspecified atom stereocenters. The van der Waals surface area contributed by atoms with Crippen LogP contribution in [0.4, 0.5) is 5.69 Å². The molecule has 1 rings (SSSR count). The fourth-order valence-electron chi connectivity index (χ4n) is 1.54. The van der Waals surface area contributed by atoms with Crippen molar-refractivity contribution in [3.05, 3.63) is 22.7 Å². The van der Waals surface area contributed by atoms with Crippen molar-refractivity contribution >= 4 is 41.5 Å². The smallest absolute Gasteiger partial charge is 0.242 e. The van der Waals surface area contributed by atoms with Gasteiger partial charge in [-0.05, 0) is 41.1 Å². The number of benzene rings is 1. The van der Waals surface area contributed by atoms with Gasteiger partial charge >= 0.3 is 0 Å². The summed E-state index contributed by atoms with van der Waals surface area (Å²) in [4.78, 5) is -0.0205. The van der Waals surface area contributed by atoms with E-state index in [1.165, 1.54) is 19.1 Å². The zero-order chi connectivity index (χ0) is 14.8. The van der Waals surface area contributed by atoms with Gasteiger partial charge in [0.15, 0.2) is 0 Å². The highest BCUT2D eigenvalue weighted by molar-refractivity contribution is 9.10. The zero-order valence-electron chi connectivity index (χ0n) is 10.4. The number of hydrogen-bond acceptors (Lipinski definition) is 5. The monoisotopic (exact) mass is 370 g/mol. The summed E-state index contributed by atoms with van der Waals surface area (Å²) in [5.74, 6) is -0.272. The van der Waals surface area contributed by atoms with Gasteiger partial charge in [-0.1, -0.05) is 0 Å². The molecule has 6 nitrogen and oxygen atoms in total. The van der Waals surface area contributed by atoms with Gasteiger partial charge in [0.05, 0.1) is 10.6 Å². The van der Waals surface area contributed by atoms with Crippen LogP contribution >= 0.6 is 15.9 Å². The first-order valence-corrected chi connectivity index (χ1v) is 9.60. The lowest BCUT2D eigenvalue weighted by molar-refractivity contribution is 0.564. The molecule has 108 valence electrons. The van der Waals surface area contributed by atoms with Crippen LogP contribution in [0, 0.1) is 0 Å². The maximum atomic E-state index is 12.1. The van der Waals surface area contributed by atoms with Crippen LogP contribution in [0.3, 0.4) is 0 Å². The molecule has 1 aromatic carbocycles.